The molecule has 2 saturated heterocycles. The summed E-state index contributed by atoms with van der Waals surface area (Å²) in [7, 11) is 1.59. The van der Waals surface area contributed by atoms with Crippen molar-refractivity contribution in [2.75, 3.05) is 20.3 Å². The van der Waals surface area contributed by atoms with Gasteiger partial charge in [-0.2, -0.15) is 0 Å². The molecule has 3 heterocycles. The standard InChI is InChI=1S/C18H21N5O6/c1-27-11-4-2-3-10(7-11)18-20-21-22-23(18)13-9-29-16-12(8-28-17(13)16)19-14(24)5-6-15(25)26/h2-4,7,12-13,16-17H,5-6,8-9H2,1H3,(H,19,24)(H,25,26)/t12-,13-,16+,17+/m0/s1. The molecule has 0 bridgehead atoms. The molecule has 0 saturated carbocycles. The number of nitrogens with zero attached hydrogens (tertiary/aromatic N) is 4. The van der Waals surface area contributed by atoms with Crippen molar-refractivity contribution in [3.05, 3.63) is 24.3 Å². The number of nitrogens with one attached hydrogen (secondary N) is 1. The molecule has 29 heavy (non-hydrogen) atoms. The highest BCUT2D eigenvalue weighted by molar-refractivity contribution is 5.80. The van der Waals surface area contributed by atoms with Gasteiger partial charge in [-0.25, -0.2) is 4.68 Å². The highest BCUT2D eigenvalue weighted by Crippen LogP contribution is 2.36. The third-order valence-corrected chi connectivity index (χ3v) is 5.07. The molecular weight excluding hydrogens is 382 g/mol. The number of carboxylic acids is 1. The first-order chi connectivity index (χ1) is 14.1. The van der Waals surface area contributed by atoms with Crippen LogP contribution in [0.4, 0.5) is 0 Å². The molecule has 4 rings (SSSR count). The van der Waals surface area contributed by atoms with Gasteiger partial charge in [-0.15, -0.1) is 5.10 Å². The van der Waals surface area contributed by atoms with E-state index < -0.39 is 5.97 Å². The van der Waals surface area contributed by atoms with Crippen molar-refractivity contribution in [2.45, 2.75) is 37.1 Å². The maximum absolute atomic E-state index is 12.0. The number of benzene rings is 1. The van der Waals surface area contributed by atoms with Crippen LogP contribution >= 0.6 is 0 Å². The quantitative estimate of drug-likeness (QED) is 0.656. The molecule has 11 heteroatoms. The molecule has 0 unspecified atom stereocenters. The van der Waals surface area contributed by atoms with Crippen LogP contribution in [0.15, 0.2) is 24.3 Å². The molecule has 11 nitrogen and oxygen atoms in total. The van der Waals surface area contributed by atoms with Crippen LogP contribution in [0, 0.1) is 0 Å². The van der Waals surface area contributed by atoms with E-state index in [2.05, 4.69) is 20.8 Å². The van der Waals surface area contributed by atoms with E-state index in [0.29, 0.717) is 18.2 Å². The lowest BCUT2D eigenvalue weighted by atomic mass is 10.1. The normalized spacial score (nSPS) is 25.6. The highest BCUT2D eigenvalue weighted by Gasteiger charge is 2.50. The zero-order valence-corrected chi connectivity index (χ0v) is 15.7. The van der Waals surface area contributed by atoms with Gasteiger partial charge in [0.25, 0.3) is 0 Å². The molecule has 2 aliphatic heterocycles. The van der Waals surface area contributed by atoms with Crippen LogP contribution in [-0.2, 0) is 19.1 Å². The molecule has 1 amide bonds. The monoisotopic (exact) mass is 403 g/mol. The summed E-state index contributed by atoms with van der Waals surface area (Å²) in [5.74, 6) is -0.0932. The minimum absolute atomic E-state index is 0.0837. The second-order valence-electron chi connectivity index (χ2n) is 6.91. The van der Waals surface area contributed by atoms with Crippen molar-refractivity contribution in [2.24, 2.45) is 0 Å². The zero-order chi connectivity index (χ0) is 20.4. The van der Waals surface area contributed by atoms with Gasteiger partial charge >= 0.3 is 5.97 Å². The third kappa shape index (κ3) is 3.91. The summed E-state index contributed by atoms with van der Waals surface area (Å²) < 4.78 is 18.7. The Morgan fingerprint density at radius 1 is 1.28 bits per heavy atom. The van der Waals surface area contributed by atoms with Crippen LogP contribution < -0.4 is 10.1 Å². The molecule has 0 aliphatic carbocycles. The maximum Gasteiger partial charge on any atom is 0.303 e. The van der Waals surface area contributed by atoms with Crippen molar-refractivity contribution in [1.82, 2.24) is 25.5 Å². The summed E-state index contributed by atoms with van der Waals surface area (Å²) in [6.07, 6.45) is -0.978. The maximum atomic E-state index is 12.0. The number of carboxylic acid groups (broad SMARTS) is 1. The number of rotatable bonds is 7. The molecule has 4 atom stereocenters. The molecule has 2 aromatic rings. The second kappa shape index (κ2) is 8.13. The molecule has 154 valence electrons. The van der Waals surface area contributed by atoms with Gasteiger partial charge < -0.3 is 24.6 Å². The molecule has 2 aliphatic rings. The van der Waals surface area contributed by atoms with E-state index in [1.165, 1.54) is 0 Å². The van der Waals surface area contributed by atoms with Gasteiger partial charge in [0.2, 0.25) is 5.91 Å². The van der Waals surface area contributed by atoms with Crippen LogP contribution in [0.25, 0.3) is 11.4 Å². The second-order valence-corrected chi connectivity index (χ2v) is 6.91. The first-order valence-electron chi connectivity index (χ1n) is 9.23. The van der Waals surface area contributed by atoms with Gasteiger partial charge in [0.05, 0.1) is 32.8 Å². The first-order valence-corrected chi connectivity index (χ1v) is 9.23. The van der Waals surface area contributed by atoms with Gasteiger partial charge in [0.15, 0.2) is 5.82 Å². The van der Waals surface area contributed by atoms with Crippen molar-refractivity contribution in [3.63, 3.8) is 0 Å². The van der Waals surface area contributed by atoms with Gasteiger partial charge in [-0.1, -0.05) is 12.1 Å². The number of carbonyl (C=O) groups is 2. The number of hydrogen-bond donors (Lipinski definition) is 2. The molecule has 0 radical (unpaired) electrons. The Kier molecular flexibility index (Phi) is 5.41. The number of carbonyl (C=O) groups excluding carboxylic acids is 1. The Morgan fingerprint density at radius 2 is 2.10 bits per heavy atom. The summed E-state index contributed by atoms with van der Waals surface area (Å²) >= 11 is 0. The predicted molar refractivity (Wildman–Crippen MR) is 97.1 cm³/mol. The number of hydrogen-bond acceptors (Lipinski definition) is 8. The lowest BCUT2D eigenvalue weighted by Gasteiger charge is -2.18. The van der Waals surface area contributed by atoms with E-state index in [0.717, 1.165) is 5.56 Å². The lowest BCUT2D eigenvalue weighted by molar-refractivity contribution is -0.139. The first kappa shape index (κ1) is 19.3. The fraction of sp³-hybridized carbons (Fsp3) is 0.500. The number of methoxy groups -OCH3 is 1. The van der Waals surface area contributed by atoms with Gasteiger partial charge in [-0.05, 0) is 22.6 Å². The Morgan fingerprint density at radius 3 is 2.90 bits per heavy atom. The van der Waals surface area contributed by atoms with Crippen molar-refractivity contribution in [3.8, 4) is 17.1 Å². The Balaban J connectivity index is 1.47. The predicted octanol–water partition coefficient (Wildman–Crippen LogP) is 0.0370. The topological polar surface area (TPSA) is 138 Å². The molecule has 0 spiro atoms. The zero-order valence-electron chi connectivity index (χ0n) is 15.7. The van der Waals surface area contributed by atoms with Gasteiger partial charge in [0, 0.05) is 12.0 Å². The number of aliphatic carboxylic acids is 1. The summed E-state index contributed by atoms with van der Waals surface area (Å²) in [5, 5.41) is 23.6. The third-order valence-electron chi connectivity index (χ3n) is 5.07. The summed E-state index contributed by atoms with van der Waals surface area (Å²) in [4.78, 5) is 22.6. The number of ether oxygens (including phenoxy) is 3. The average Bonchev–Trinajstić information content (AvgIpc) is 3.43. The van der Waals surface area contributed by atoms with E-state index in [-0.39, 0.29) is 49.6 Å². The number of aromatic nitrogens is 4. The molecule has 2 N–H and O–H groups in total. The van der Waals surface area contributed by atoms with E-state index >= 15 is 0 Å². The van der Waals surface area contributed by atoms with Gasteiger partial charge in [-0.3, -0.25) is 9.59 Å². The fourth-order valence-electron chi connectivity index (χ4n) is 3.68. The molecule has 1 aromatic carbocycles. The average molecular weight is 403 g/mol. The Hall–Kier alpha value is -3.05. The van der Waals surface area contributed by atoms with E-state index in [1.54, 1.807) is 11.8 Å². The number of amides is 1. The molecular formula is C18H21N5O6. The van der Waals surface area contributed by atoms with E-state index in [9.17, 15) is 9.59 Å². The smallest absolute Gasteiger partial charge is 0.303 e. The Labute approximate surface area is 165 Å². The van der Waals surface area contributed by atoms with Gasteiger partial charge in [0.1, 0.15) is 24.0 Å². The Bertz CT molecular complexity index is 902. The van der Waals surface area contributed by atoms with E-state index in [1.807, 2.05) is 24.3 Å². The van der Waals surface area contributed by atoms with Crippen molar-refractivity contribution < 1.29 is 28.9 Å². The van der Waals surface area contributed by atoms with Crippen LogP contribution in [0.2, 0.25) is 0 Å². The number of tetrazole rings is 1. The van der Waals surface area contributed by atoms with Crippen molar-refractivity contribution >= 4 is 11.9 Å². The SMILES string of the molecule is COc1cccc(-c2nnnn2[C@H]2CO[C@H]3[C@@H]2OC[C@@H]3NC(=O)CCC(=O)O)c1. The molecule has 2 fully saturated rings. The minimum Gasteiger partial charge on any atom is -0.497 e. The summed E-state index contributed by atoms with van der Waals surface area (Å²) in [6.45, 7) is 0.611. The molecule has 1 aromatic heterocycles. The summed E-state index contributed by atoms with van der Waals surface area (Å²) in [5.41, 5.74) is 0.800. The van der Waals surface area contributed by atoms with Crippen LogP contribution in [0.3, 0.4) is 0 Å². The highest BCUT2D eigenvalue weighted by atomic mass is 16.6. The van der Waals surface area contributed by atoms with Crippen molar-refractivity contribution in [1.29, 1.82) is 0 Å². The number of fused-ring (bicyclic) bond motifs is 1. The van der Waals surface area contributed by atoms with Crippen LogP contribution in [0.5, 0.6) is 5.75 Å². The largest absolute Gasteiger partial charge is 0.497 e. The fourth-order valence-corrected chi connectivity index (χ4v) is 3.68. The van der Waals surface area contributed by atoms with Crippen LogP contribution in [-0.4, -0.2) is 75.8 Å². The summed E-state index contributed by atoms with van der Waals surface area (Å²) in [6, 6.07) is 6.83. The minimum atomic E-state index is -1.01. The lowest BCUT2D eigenvalue weighted by Crippen LogP contribution is -2.44. The van der Waals surface area contributed by atoms with E-state index in [4.69, 9.17) is 19.3 Å². The van der Waals surface area contributed by atoms with Crippen LogP contribution in [0.1, 0.15) is 18.9 Å².